The molecule has 2 heteroatoms. The lowest BCUT2D eigenvalue weighted by Gasteiger charge is -2.10. The number of thioether (sulfide) groups is 1. The Morgan fingerprint density at radius 2 is 2.09 bits per heavy atom. The average Bonchev–Trinajstić information content (AvgIpc) is 1.99. The summed E-state index contributed by atoms with van der Waals surface area (Å²) >= 11 is 2.04. The Morgan fingerprint density at radius 3 is 2.64 bits per heavy atom. The van der Waals surface area contributed by atoms with Crippen LogP contribution in [0.5, 0.6) is 0 Å². The van der Waals surface area contributed by atoms with Gasteiger partial charge in [0.2, 0.25) is 0 Å². The van der Waals surface area contributed by atoms with Crippen LogP contribution in [0.4, 0.5) is 0 Å². The topological polar surface area (TPSA) is 12.0 Å². The molecule has 0 saturated carbocycles. The quantitative estimate of drug-likeness (QED) is 0.597. The van der Waals surface area contributed by atoms with E-state index in [4.69, 9.17) is 0 Å². The Labute approximate surface area is 75.3 Å². The van der Waals surface area contributed by atoms with Crippen molar-refractivity contribution in [3.8, 4) is 0 Å². The van der Waals surface area contributed by atoms with Crippen molar-refractivity contribution in [2.24, 2.45) is 0 Å². The largest absolute Gasteiger partial charge is 0.315 e. The van der Waals surface area contributed by atoms with E-state index < -0.39 is 0 Å². The minimum Gasteiger partial charge on any atom is -0.315 e. The third-order valence-corrected chi connectivity index (χ3v) is 2.67. The van der Waals surface area contributed by atoms with E-state index >= 15 is 0 Å². The van der Waals surface area contributed by atoms with E-state index in [2.05, 4.69) is 26.1 Å². The monoisotopic (exact) mass is 175 g/mol. The zero-order valence-corrected chi connectivity index (χ0v) is 8.84. The van der Waals surface area contributed by atoms with Gasteiger partial charge in [-0.3, -0.25) is 0 Å². The number of nitrogens with one attached hydrogen (secondary N) is 1. The molecule has 0 spiro atoms. The van der Waals surface area contributed by atoms with E-state index in [1.807, 2.05) is 11.8 Å². The minimum absolute atomic E-state index is 0.706. The molecule has 0 aliphatic carbocycles. The first-order valence-corrected chi connectivity index (χ1v) is 5.77. The molecule has 0 aromatic rings. The van der Waals surface area contributed by atoms with Gasteiger partial charge in [-0.05, 0) is 37.8 Å². The highest BCUT2D eigenvalue weighted by Gasteiger charge is 1.97. The van der Waals surface area contributed by atoms with Crippen molar-refractivity contribution in [1.29, 1.82) is 0 Å². The highest BCUT2D eigenvalue weighted by molar-refractivity contribution is 7.99. The fraction of sp³-hybridized carbons (Fsp3) is 1.00. The van der Waals surface area contributed by atoms with Crippen LogP contribution in [0.25, 0.3) is 0 Å². The van der Waals surface area contributed by atoms with E-state index in [0.717, 1.165) is 6.54 Å². The summed E-state index contributed by atoms with van der Waals surface area (Å²) in [5.74, 6) is 2.59. The van der Waals surface area contributed by atoms with Gasteiger partial charge in [0, 0.05) is 6.04 Å². The van der Waals surface area contributed by atoms with Crippen molar-refractivity contribution in [2.45, 2.75) is 39.7 Å². The first kappa shape index (κ1) is 11.3. The summed E-state index contributed by atoms with van der Waals surface area (Å²) in [5, 5.41) is 3.41. The fourth-order valence-corrected chi connectivity index (χ4v) is 1.75. The lowest BCUT2D eigenvalue weighted by Crippen LogP contribution is -2.25. The van der Waals surface area contributed by atoms with Crippen LogP contribution in [0.1, 0.15) is 33.6 Å². The van der Waals surface area contributed by atoms with Crippen LogP contribution in [0, 0.1) is 0 Å². The van der Waals surface area contributed by atoms with Gasteiger partial charge in [0.25, 0.3) is 0 Å². The molecule has 0 radical (unpaired) electrons. The van der Waals surface area contributed by atoms with E-state index in [1.165, 1.54) is 24.3 Å². The Kier molecular flexibility index (Phi) is 8.64. The second kappa shape index (κ2) is 8.41. The maximum Gasteiger partial charge on any atom is 0.00389 e. The molecule has 0 aliphatic rings. The van der Waals surface area contributed by atoms with Crippen LogP contribution >= 0.6 is 11.8 Å². The SMILES string of the molecule is CCNC(C)CCCSCC. The smallest absolute Gasteiger partial charge is 0.00389 e. The van der Waals surface area contributed by atoms with Crippen LogP contribution in [0.15, 0.2) is 0 Å². The van der Waals surface area contributed by atoms with Crippen molar-refractivity contribution >= 4 is 11.8 Å². The first-order valence-electron chi connectivity index (χ1n) is 4.62. The Bertz CT molecular complexity index is 76.0. The van der Waals surface area contributed by atoms with E-state index in [1.54, 1.807) is 0 Å². The second-order valence-corrected chi connectivity index (χ2v) is 4.19. The van der Waals surface area contributed by atoms with Crippen molar-refractivity contribution in [3.05, 3.63) is 0 Å². The van der Waals surface area contributed by atoms with Gasteiger partial charge in [-0.2, -0.15) is 11.8 Å². The molecule has 0 aromatic carbocycles. The van der Waals surface area contributed by atoms with Gasteiger partial charge in [-0.15, -0.1) is 0 Å². The number of rotatable bonds is 7. The molecule has 0 heterocycles. The highest BCUT2D eigenvalue weighted by Crippen LogP contribution is 2.05. The number of hydrogen-bond donors (Lipinski definition) is 1. The average molecular weight is 175 g/mol. The summed E-state index contributed by atoms with van der Waals surface area (Å²) in [6.45, 7) is 7.75. The van der Waals surface area contributed by atoms with Gasteiger partial charge < -0.3 is 5.32 Å². The third kappa shape index (κ3) is 8.21. The van der Waals surface area contributed by atoms with Crippen LogP contribution in [0.3, 0.4) is 0 Å². The molecule has 11 heavy (non-hydrogen) atoms. The standard InChI is InChI=1S/C9H21NS/c1-4-10-9(3)7-6-8-11-5-2/h9-10H,4-8H2,1-3H3. The van der Waals surface area contributed by atoms with Crippen molar-refractivity contribution in [1.82, 2.24) is 5.32 Å². The summed E-state index contributed by atoms with van der Waals surface area (Å²) in [5.41, 5.74) is 0. The molecule has 1 nitrogen and oxygen atoms in total. The van der Waals surface area contributed by atoms with Gasteiger partial charge in [-0.1, -0.05) is 13.8 Å². The third-order valence-electron chi connectivity index (χ3n) is 1.68. The molecule has 0 aliphatic heterocycles. The molecule has 1 unspecified atom stereocenters. The fourth-order valence-electron chi connectivity index (χ4n) is 1.09. The lowest BCUT2D eigenvalue weighted by atomic mass is 10.2. The molecule has 0 amide bonds. The molecular weight excluding hydrogens is 154 g/mol. The predicted molar refractivity (Wildman–Crippen MR) is 55.4 cm³/mol. The van der Waals surface area contributed by atoms with Gasteiger partial charge in [0.1, 0.15) is 0 Å². The summed E-state index contributed by atoms with van der Waals surface area (Å²) < 4.78 is 0. The molecule has 0 aromatic heterocycles. The van der Waals surface area contributed by atoms with E-state index in [-0.39, 0.29) is 0 Å². The Balaban J connectivity index is 2.97. The summed E-state index contributed by atoms with van der Waals surface area (Å²) in [7, 11) is 0. The van der Waals surface area contributed by atoms with Gasteiger partial charge >= 0.3 is 0 Å². The molecule has 0 bridgehead atoms. The summed E-state index contributed by atoms with van der Waals surface area (Å²) in [6, 6.07) is 0.706. The van der Waals surface area contributed by atoms with Crippen molar-refractivity contribution in [2.75, 3.05) is 18.1 Å². The molecule has 0 rings (SSSR count). The maximum absolute atomic E-state index is 3.41. The zero-order valence-electron chi connectivity index (χ0n) is 8.02. The van der Waals surface area contributed by atoms with Gasteiger partial charge in [0.15, 0.2) is 0 Å². The Morgan fingerprint density at radius 1 is 1.36 bits per heavy atom. The molecular formula is C9H21NS. The molecule has 1 atom stereocenters. The molecule has 68 valence electrons. The first-order chi connectivity index (χ1) is 5.31. The second-order valence-electron chi connectivity index (χ2n) is 2.80. The normalized spacial score (nSPS) is 13.4. The zero-order chi connectivity index (χ0) is 8.53. The highest BCUT2D eigenvalue weighted by atomic mass is 32.2. The lowest BCUT2D eigenvalue weighted by molar-refractivity contribution is 0.526. The number of hydrogen-bond acceptors (Lipinski definition) is 2. The maximum atomic E-state index is 3.41. The predicted octanol–water partition coefficient (Wildman–Crippen LogP) is 2.52. The van der Waals surface area contributed by atoms with Crippen LogP contribution in [-0.2, 0) is 0 Å². The summed E-state index contributed by atoms with van der Waals surface area (Å²) in [6.07, 6.45) is 2.67. The minimum atomic E-state index is 0.706. The van der Waals surface area contributed by atoms with Gasteiger partial charge in [0.05, 0.1) is 0 Å². The summed E-state index contributed by atoms with van der Waals surface area (Å²) in [4.78, 5) is 0. The Hall–Kier alpha value is 0.310. The molecule has 1 N–H and O–H groups in total. The van der Waals surface area contributed by atoms with Crippen LogP contribution in [-0.4, -0.2) is 24.1 Å². The van der Waals surface area contributed by atoms with Gasteiger partial charge in [-0.25, -0.2) is 0 Å². The van der Waals surface area contributed by atoms with E-state index in [0.29, 0.717) is 6.04 Å². The van der Waals surface area contributed by atoms with Crippen molar-refractivity contribution in [3.63, 3.8) is 0 Å². The van der Waals surface area contributed by atoms with E-state index in [9.17, 15) is 0 Å². The van der Waals surface area contributed by atoms with Crippen LogP contribution < -0.4 is 5.32 Å². The molecule has 0 fully saturated rings. The molecule has 0 saturated heterocycles. The van der Waals surface area contributed by atoms with Crippen LogP contribution in [0.2, 0.25) is 0 Å². The van der Waals surface area contributed by atoms with Crippen molar-refractivity contribution < 1.29 is 0 Å².